The number of pyridine rings is 1. The van der Waals surface area contributed by atoms with Crippen molar-refractivity contribution >= 4 is 35.0 Å². The van der Waals surface area contributed by atoms with Crippen molar-refractivity contribution < 1.29 is 19.4 Å². The summed E-state index contributed by atoms with van der Waals surface area (Å²) in [5, 5.41) is 14.4. The summed E-state index contributed by atoms with van der Waals surface area (Å²) in [5.74, 6) is 2.21. The monoisotopic (exact) mass is 588 g/mol. The number of carbonyl (C=O) groups excluding carboxylic acids is 2. The maximum atomic E-state index is 13.7. The Morgan fingerprint density at radius 1 is 0.930 bits per heavy atom. The van der Waals surface area contributed by atoms with E-state index in [-0.39, 0.29) is 18.2 Å². The molecule has 43 heavy (non-hydrogen) atoms. The lowest BCUT2D eigenvalue weighted by Gasteiger charge is -2.58. The molecule has 2 aliphatic heterocycles. The fraction of sp³-hybridized carbons (Fsp3) is 0.606. The number of nitrogens with zero attached hydrogens (tertiary/aromatic N) is 5. The summed E-state index contributed by atoms with van der Waals surface area (Å²) in [6, 6.07) is 12.3. The van der Waals surface area contributed by atoms with Gasteiger partial charge in [0, 0.05) is 45.3 Å². The molecule has 3 heterocycles. The lowest BCUT2D eigenvalue weighted by Crippen LogP contribution is -2.63. The molecule has 6 aliphatic rings. The van der Waals surface area contributed by atoms with Crippen molar-refractivity contribution in [2.75, 3.05) is 54.0 Å². The van der Waals surface area contributed by atoms with Crippen LogP contribution in [-0.4, -0.2) is 83.6 Å². The molecular weight excluding hydrogens is 544 g/mol. The van der Waals surface area contributed by atoms with E-state index in [1.165, 1.54) is 0 Å². The molecule has 230 valence electrons. The van der Waals surface area contributed by atoms with Crippen molar-refractivity contribution in [3.05, 3.63) is 42.6 Å². The van der Waals surface area contributed by atoms with E-state index in [4.69, 9.17) is 9.72 Å². The first kappa shape index (κ1) is 28.3. The van der Waals surface area contributed by atoms with Gasteiger partial charge in [0.05, 0.1) is 28.9 Å². The molecule has 2 N–H and O–H groups in total. The van der Waals surface area contributed by atoms with Crippen molar-refractivity contribution in [1.82, 2.24) is 15.2 Å². The van der Waals surface area contributed by atoms with Crippen LogP contribution in [0.5, 0.6) is 0 Å². The van der Waals surface area contributed by atoms with Crippen molar-refractivity contribution in [3.8, 4) is 0 Å². The number of benzene rings is 1. The van der Waals surface area contributed by atoms with Gasteiger partial charge in [-0.1, -0.05) is 12.1 Å². The average molecular weight is 589 g/mol. The second-order valence-corrected chi connectivity index (χ2v) is 14.3. The molecular formula is C33H44N6O4. The maximum Gasteiger partial charge on any atom is 0.410 e. The number of para-hydroxylation sites is 2. The van der Waals surface area contributed by atoms with Crippen LogP contribution < -0.4 is 20.0 Å². The second-order valence-electron chi connectivity index (χ2n) is 14.3. The van der Waals surface area contributed by atoms with Crippen LogP contribution in [0.25, 0.3) is 0 Å². The standard InChI is InChI=1S/C33H44N6O4/c1-32(2,3)43-31(41)37-12-10-36(11-13-37)25-8-9-28(34-21-25)38-14-15-39(27-7-5-4-6-26(27)38)30(40)35-29-23-16-22-17-24(29)20-33(42,18-22)19-23/h4-9,21-24,29,42H,10-20H2,1-3H3,(H,35,40). The number of hydrogen-bond acceptors (Lipinski definition) is 7. The Morgan fingerprint density at radius 3 is 2.26 bits per heavy atom. The van der Waals surface area contributed by atoms with Crippen LogP contribution in [0.4, 0.5) is 32.5 Å². The van der Waals surface area contributed by atoms with Gasteiger partial charge < -0.3 is 29.9 Å². The van der Waals surface area contributed by atoms with Crippen LogP contribution in [0.3, 0.4) is 0 Å². The minimum absolute atomic E-state index is 0.0367. The largest absolute Gasteiger partial charge is 0.444 e. The number of ether oxygens (including phenoxy) is 1. The number of aliphatic hydroxyl groups is 1. The van der Waals surface area contributed by atoms with Crippen molar-refractivity contribution in [2.24, 2.45) is 17.8 Å². The minimum atomic E-state index is -0.507. The summed E-state index contributed by atoms with van der Waals surface area (Å²) in [7, 11) is 0. The fourth-order valence-corrected chi connectivity index (χ4v) is 8.45. The zero-order valence-corrected chi connectivity index (χ0v) is 25.5. The van der Waals surface area contributed by atoms with Gasteiger partial charge >= 0.3 is 12.1 Å². The smallest absolute Gasteiger partial charge is 0.410 e. The lowest BCUT2D eigenvalue weighted by atomic mass is 9.52. The molecule has 0 radical (unpaired) electrons. The molecule has 4 bridgehead atoms. The Balaban J connectivity index is 1.01. The number of rotatable bonds is 3. The summed E-state index contributed by atoms with van der Waals surface area (Å²) in [4.78, 5) is 39.1. The Hall–Kier alpha value is -3.53. The van der Waals surface area contributed by atoms with Gasteiger partial charge in [0.15, 0.2) is 0 Å². The van der Waals surface area contributed by atoms with Crippen molar-refractivity contribution in [3.63, 3.8) is 0 Å². The van der Waals surface area contributed by atoms with Gasteiger partial charge in [-0.05, 0) is 94.9 Å². The van der Waals surface area contributed by atoms with Gasteiger partial charge in [0.2, 0.25) is 0 Å². The number of carbonyl (C=O) groups is 2. The van der Waals surface area contributed by atoms with Crippen LogP contribution in [0, 0.1) is 17.8 Å². The highest BCUT2D eigenvalue weighted by Crippen LogP contribution is 2.55. The molecule has 1 saturated heterocycles. The molecule has 1 aromatic heterocycles. The molecule has 3 amide bonds. The maximum absolute atomic E-state index is 13.7. The van der Waals surface area contributed by atoms with Crippen LogP contribution >= 0.6 is 0 Å². The molecule has 5 fully saturated rings. The van der Waals surface area contributed by atoms with Crippen LogP contribution in [-0.2, 0) is 4.74 Å². The van der Waals surface area contributed by atoms with Crippen LogP contribution in [0.2, 0.25) is 0 Å². The molecule has 1 aromatic carbocycles. The van der Waals surface area contributed by atoms with E-state index in [0.717, 1.165) is 68.1 Å². The zero-order chi connectivity index (χ0) is 29.9. The van der Waals surface area contributed by atoms with Crippen molar-refractivity contribution in [1.29, 1.82) is 0 Å². The Morgan fingerprint density at radius 2 is 1.63 bits per heavy atom. The molecule has 4 saturated carbocycles. The molecule has 0 spiro atoms. The van der Waals surface area contributed by atoms with Gasteiger partial charge in [0.25, 0.3) is 0 Å². The topological polar surface area (TPSA) is 101 Å². The first-order valence-corrected chi connectivity index (χ1v) is 15.9. The zero-order valence-electron chi connectivity index (χ0n) is 25.5. The second kappa shape index (κ2) is 10.6. The Bertz CT molecular complexity index is 1350. The van der Waals surface area contributed by atoms with Gasteiger partial charge in [-0.25, -0.2) is 14.6 Å². The number of amides is 3. The number of piperazine rings is 1. The molecule has 10 nitrogen and oxygen atoms in total. The summed E-state index contributed by atoms with van der Waals surface area (Å²) in [5.41, 5.74) is 1.87. The molecule has 2 aromatic rings. The molecule has 2 atom stereocenters. The quantitative estimate of drug-likeness (QED) is 0.534. The third-order valence-electron chi connectivity index (χ3n) is 10.1. The summed E-state index contributed by atoms with van der Waals surface area (Å²) in [6.07, 6.45) is 6.46. The number of nitrogens with one attached hydrogen (secondary N) is 1. The fourth-order valence-electron chi connectivity index (χ4n) is 8.45. The number of aromatic nitrogens is 1. The normalized spacial score (nSPS) is 29.9. The first-order chi connectivity index (χ1) is 20.6. The van der Waals surface area contributed by atoms with E-state index in [2.05, 4.69) is 27.2 Å². The van der Waals surface area contributed by atoms with E-state index in [9.17, 15) is 14.7 Å². The van der Waals surface area contributed by atoms with Crippen LogP contribution in [0.1, 0.15) is 52.9 Å². The van der Waals surface area contributed by atoms with E-state index >= 15 is 0 Å². The number of hydrogen-bond donors (Lipinski definition) is 2. The highest BCUT2D eigenvalue weighted by atomic mass is 16.6. The predicted molar refractivity (Wildman–Crippen MR) is 166 cm³/mol. The van der Waals surface area contributed by atoms with E-state index < -0.39 is 11.2 Å². The summed E-state index contributed by atoms with van der Waals surface area (Å²) in [6.45, 7) is 9.53. The van der Waals surface area contributed by atoms with Crippen LogP contribution in [0.15, 0.2) is 42.6 Å². The van der Waals surface area contributed by atoms with E-state index in [1.807, 2.05) is 56.1 Å². The Labute approximate surface area is 254 Å². The van der Waals surface area contributed by atoms with E-state index in [0.29, 0.717) is 43.9 Å². The third-order valence-corrected chi connectivity index (χ3v) is 10.1. The number of urea groups is 1. The van der Waals surface area contributed by atoms with E-state index in [1.54, 1.807) is 4.90 Å². The van der Waals surface area contributed by atoms with Gasteiger partial charge in [-0.3, -0.25) is 4.90 Å². The average Bonchev–Trinajstić information content (AvgIpc) is 2.97. The third kappa shape index (κ3) is 5.50. The lowest BCUT2D eigenvalue weighted by molar-refractivity contribution is -0.136. The SMILES string of the molecule is CC(C)(C)OC(=O)N1CCN(c2ccc(N3CCN(C(=O)NC4C5CC6CC4CC(O)(C6)C5)c4ccccc43)nc2)CC1. The van der Waals surface area contributed by atoms with Gasteiger partial charge in [0.1, 0.15) is 11.4 Å². The first-order valence-electron chi connectivity index (χ1n) is 15.9. The Kier molecular flexibility index (Phi) is 6.95. The van der Waals surface area contributed by atoms with Gasteiger partial charge in [-0.15, -0.1) is 0 Å². The number of anilines is 4. The summed E-state index contributed by atoms with van der Waals surface area (Å²) >= 11 is 0. The highest BCUT2D eigenvalue weighted by Gasteiger charge is 2.55. The highest BCUT2D eigenvalue weighted by molar-refractivity contribution is 5.98. The number of fused-ring (bicyclic) bond motifs is 1. The molecule has 10 heteroatoms. The van der Waals surface area contributed by atoms with Gasteiger partial charge in [-0.2, -0.15) is 0 Å². The summed E-state index contributed by atoms with van der Waals surface area (Å²) < 4.78 is 5.53. The molecule has 4 aliphatic carbocycles. The minimum Gasteiger partial charge on any atom is -0.444 e. The molecule has 8 rings (SSSR count). The van der Waals surface area contributed by atoms with Crippen molar-refractivity contribution in [2.45, 2.75) is 70.1 Å². The molecule has 2 unspecified atom stereocenters. The predicted octanol–water partition coefficient (Wildman–Crippen LogP) is 4.75.